The molecule has 4 aliphatic carbocycles. The molecule has 1 nitrogen and oxygen atoms in total. The molecule has 0 aromatic heterocycles. The van der Waals surface area contributed by atoms with Gasteiger partial charge in [-0.1, -0.05) is 166 Å². The van der Waals surface area contributed by atoms with E-state index in [9.17, 15) is 0 Å². The average molecular weight is 812 g/mol. The van der Waals surface area contributed by atoms with E-state index in [1.54, 1.807) is 0 Å². The zero-order chi connectivity index (χ0) is 43.0. The van der Waals surface area contributed by atoms with Crippen LogP contribution in [-0.4, -0.2) is 0 Å². The zero-order valence-corrected chi connectivity index (χ0v) is 37.3. The molecule has 306 valence electrons. The van der Waals surface area contributed by atoms with Gasteiger partial charge in [0.25, 0.3) is 0 Å². The SMILES string of the molecule is C/C=C(\C(C)=C/CC)c1ccc(N(c2ccc(C3=CC4=C(CC=C3)C(C)(C)c3ccccc34)cc2)c2ccc3c(c2)C2(c4ccccc4-c4ccccc42)c2ccccc2-3)cc1C. The molecule has 0 bridgehead atoms. The van der Waals surface area contributed by atoms with E-state index in [4.69, 9.17) is 0 Å². The second-order valence-corrected chi connectivity index (χ2v) is 18.3. The first kappa shape index (κ1) is 38.9. The minimum absolute atomic E-state index is 0.0113. The standard InChI is InChI=1S/C62H53N/c1-7-18-40(3)47(8-2)48-35-33-45(37-41(48)4)63(44-31-29-42(30-32-44)43-19-17-28-56-54(38-43)52-23-9-13-24-55(52)61(56,5)6)46-34-36-53-51-22-12-16-27-59(51)62(60(53)39-46)57-25-14-10-20-49(57)50-21-11-15-26-58(50)62/h8-27,29-39H,7,28H2,1-6H3/b40-18-,47-8+. The highest BCUT2D eigenvalue weighted by molar-refractivity contribution is 5.97. The minimum Gasteiger partial charge on any atom is -0.310 e. The lowest BCUT2D eigenvalue weighted by Gasteiger charge is -2.32. The number of anilines is 3. The Morgan fingerprint density at radius 3 is 1.75 bits per heavy atom. The maximum atomic E-state index is 2.50. The summed E-state index contributed by atoms with van der Waals surface area (Å²) in [6.45, 7) is 13.6. The van der Waals surface area contributed by atoms with E-state index in [1.807, 2.05) is 0 Å². The maximum absolute atomic E-state index is 2.50. The third-order valence-electron chi connectivity index (χ3n) is 14.6. The Balaban J connectivity index is 1.08. The van der Waals surface area contributed by atoms with Crippen LogP contribution in [0.5, 0.6) is 0 Å². The topological polar surface area (TPSA) is 3.24 Å². The van der Waals surface area contributed by atoms with Gasteiger partial charge in [-0.15, -0.1) is 0 Å². The van der Waals surface area contributed by atoms with Crippen LogP contribution in [0.1, 0.15) is 97.5 Å². The van der Waals surface area contributed by atoms with Crippen LogP contribution in [0.3, 0.4) is 0 Å². The van der Waals surface area contributed by atoms with Crippen molar-refractivity contribution >= 4 is 33.8 Å². The number of allylic oxidation sites excluding steroid dienone is 10. The molecular formula is C62H53N. The Morgan fingerprint density at radius 2 is 1.14 bits per heavy atom. The molecule has 1 spiro atoms. The van der Waals surface area contributed by atoms with E-state index >= 15 is 0 Å². The van der Waals surface area contributed by atoms with Gasteiger partial charge in [0.1, 0.15) is 0 Å². The van der Waals surface area contributed by atoms with Crippen molar-refractivity contribution in [1.29, 1.82) is 0 Å². The fourth-order valence-corrected chi connectivity index (χ4v) is 11.7. The molecule has 4 aliphatic rings. The summed E-state index contributed by atoms with van der Waals surface area (Å²) in [4.78, 5) is 2.47. The predicted molar refractivity (Wildman–Crippen MR) is 268 cm³/mol. The van der Waals surface area contributed by atoms with E-state index < -0.39 is 5.41 Å². The van der Waals surface area contributed by atoms with Crippen LogP contribution in [0.4, 0.5) is 17.1 Å². The van der Waals surface area contributed by atoms with Crippen molar-refractivity contribution in [3.05, 3.63) is 249 Å². The maximum Gasteiger partial charge on any atom is 0.0726 e. The molecular weight excluding hydrogens is 759 g/mol. The minimum atomic E-state index is -0.423. The van der Waals surface area contributed by atoms with Gasteiger partial charge in [-0.05, 0) is 176 Å². The van der Waals surface area contributed by atoms with Gasteiger partial charge in [-0.3, -0.25) is 0 Å². The molecule has 1 heteroatoms. The van der Waals surface area contributed by atoms with Gasteiger partial charge >= 0.3 is 0 Å². The van der Waals surface area contributed by atoms with Crippen molar-refractivity contribution in [1.82, 2.24) is 0 Å². The molecule has 0 N–H and O–H groups in total. The van der Waals surface area contributed by atoms with Gasteiger partial charge in [0.05, 0.1) is 5.41 Å². The van der Waals surface area contributed by atoms with Crippen LogP contribution in [0.15, 0.2) is 199 Å². The summed E-state index contributed by atoms with van der Waals surface area (Å²) < 4.78 is 0. The van der Waals surface area contributed by atoms with Crippen molar-refractivity contribution in [3.63, 3.8) is 0 Å². The Hall–Kier alpha value is -6.96. The molecule has 0 saturated heterocycles. The number of nitrogens with zero attached hydrogens (tertiary/aromatic N) is 1. The van der Waals surface area contributed by atoms with Crippen LogP contribution in [0, 0.1) is 6.92 Å². The van der Waals surface area contributed by atoms with E-state index in [0.29, 0.717) is 0 Å². The van der Waals surface area contributed by atoms with E-state index in [1.165, 1.54) is 100 Å². The number of fused-ring (bicyclic) bond motifs is 12. The molecule has 0 radical (unpaired) electrons. The van der Waals surface area contributed by atoms with E-state index in [0.717, 1.165) is 29.9 Å². The third-order valence-corrected chi connectivity index (χ3v) is 14.6. The lowest BCUT2D eigenvalue weighted by atomic mass is 9.70. The lowest BCUT2D eigenvalue weighted by Crippen LogP contribution is -2.26. The molecule has 0 unspecified atom stereocenters. The molecule has 0 fully saturated rings. The fourth-order valence-electron chi connectivity index (χ4n) is 11.7. The summed E-state index contributed by atoms with van der Waals surface area (Å²) in [6.07, 6.45) is 13.7. The number of benzene rings is 7. The monoisotopic (exact) mass is 811 g/mol. The van der Waals surface area contributed by atoms with Crippen LogP contribution >= 0.6 is 0 Å². The fraction of sp³-hybridized carbons (Fsp3) is 0.161. The van der Waals surface area contributed by atoms with Crippen LogP contribution < -0.4 is 4.90 Å². The van der Waals surface area contributed by atoms with Crippen molar-refractivity contribution < 1.29 is 0 Å². The second kappa shape index (κ2) is 14.8. The first-order chi connectivity index (χ1) is 30.7. The molecule has 7 aromatic rings. The first-order valence-electron chi connectivity index (χ1n) is 22.8. The van der Waals surface area contributed by atoms with Gasteiger partial charge in [0.2, 0.25) is 0 Å². The Morgan fingerprint density at radius 1 is 0.603 bits per heavy atom. The molecule has 11 rings (SSSR count). The molecule has 63 heavy (non-hydrogen) atoms. The summed E-state index contributed by atoms with van der Waals surface area (Å²) in [7, 11) is 0. The summed E-state index contributed by atoms with van der Waals surface area (Å²) in [6, 6.07) is 59.8. The van der Waals surface area contributed by atoms with E-state index in [-0.39, 0.29) is 5.41 Å². The number of hydrogen-bond acceptors (Lipinski definition) is 1. The van der Waals surface area contributed by atoms with Gasteiger partial charge in [0, 0.05) is 22.5 Å². The van der Waals surface area contributed by atoms with Crippen molar-refractivity contribution in [2.75, 3.05) is 4.90 Å². The van der Waals surface area contributed by atoms with Gasteiger partial charge < -0.3 is 4.90 Å². The predicted octanol–water partition coefficient (Wildman–Crippen LogP) is 16.7. The van der Waals surface area contributed by atoms with Crippen LogP contribution in [0.2, 0.25) is 0 Å². The lowest BCUT2D eigenvalue weighted by molar-refractivity contribution is 0.626. The summed E-state index contributed by atoms with van der Waals surface area (Å²) in [5, 5.41) is 0. The third kappa shape index (κ3) is 5.75. The molecule has 0 saturated carbocycles. The van der Waals surface area contributed by atoms with E-state index in [2.05, 4.69) is 235 Å². The summed E-state index contributed by atoms with van der Waals surface area (Å²) in [5.74, 6) is 0. The quantitative estimate of drug-likeness (QED) is 0.145. The average Bonchev–Trinajstić information content (AvgIpc) is 3.75. The van der Waals surface area contributed by atoms with Crippen molar-refractivity contribution in [2.45, 2.75) is 65.2 Å². The number of aryl methyl sites for hydroxylation is 1. The van der Waals surface area contributed by atoms with Gasteiger partial charge in [-0.25, -0.2) is 0 Å². The Bertz CT molecular complexity index is 3110. The summed E-state index contributed by atoms with van der Waals surface area (Å²) >= 11 is 0. The molecule has 0 atom stereocenters. The zero-order valence-electron chi connectivity index (χ0n) is 37.3. The van der Waals surface area contributed by atoms with Gasteiger partial charge in [0.15, 0.2) is 0 Å². The largest absolute Gasteiger partial charge is 0.310 e. The Labute approximate surface area is 373 Å². The Kier molecular flexibility index (Phi) is 9.18. The second-order valence-electron chi connectivity index (χ2n) is 18.3. The van der Waals surface area contributed by atoms with Crippen LogP contribution in [-0.2, 0) is 10.8 Å². The summed E-state index contributed by atoms with van der Waals surface area (Å²) in [5.41, 5.74) is 26.9. The number of rotatable bonds is 7. The van der Waals surface area contributed by atoms with Gasteiger partial charge in [-0.2, -0.15) is 0 Å². The normalized spacial score (nSPS) is 16.2. The smallest absolute Gasteiger partial charge is 0.0726 e. The van der Waals surface area contributed by atoms with Crippen molar-refractivity contribution in [3.8, 4) is 22.3 Å². The molecule has 0 heterocycles. The highest BCUT2D eigenvalue weighted by Gasteiger charge is 2.51. The molecule has 0 amide bonds. The van der Waals surface area contributed by atoms with Crippen molar-refractivity contribution in [2.24, 2.45) is 0 Å². The molecule has 0 aliphatic heterocycles. The first-order valence-corrected chi connectivity index (χ1v) is 22.8. The van der Waals surface area contributed by atoms with Crippen LogP contribution in [0.25, 0.3) is 39.0 Å². The highest BCUT2D eigenvalue weighted by Crippen LogP contribution is 2.63. The molecule has 7 aromatic carbocycles. The highest BCUT2D eigenvalue weighted by atomic mass is 15.1. The number of hydrogen-bond donors (Lipinski definition) is 0.